The molecule has 3 rings (SSSR count). The van der Waals surface area contributed by atoms with Gasteiger partial charge in [-0.3, -0.25) is 9.69 Å². The van der Waals surface area contributed by atoms with Crippen LogP contribution in [0.5, 0.6) is 0 Å². The number of piperazine rings is 1. The molecule has 1 aliphatic rings. The molecular formula is C21H26N4O5S2. The van der Waals surface area contributed by atoms with E-state index in [4.69, 9.17) is 5.14 Å². The van der Waals surface area contributed by atoms with Gasteiger partial charge in [0.2, 0.25) is 26.0 Å². The maximum atomic E-state index is 12.6. The number of benzene rings is 2. The van der Waals surface area contributed by atoms with Gasteiger partial charge >= 0.3 is 0 Å². The zero-order valence-electron chi connectivity index (χ0n) is 17.6. The van der Waals surface area contributed by atoms with Crippen LogP contribution in [0.2, 0.25) is 0 Å². The van der Waals surface area contributed by atoms with E-state index in [1.807, 2.05) is 35.2 Å². The van der Waals surface area contributed by atoms with Gasteiger partial charge in [-0.1, -0.05) is 30.3 Å². The normalized spacial score (nSPS) is 17.3. The lowest BCUT2D eigenvalue weighted by Crippen LogP contribution is -2.53. The number of hydrogen-bond donors (Lipinski definition) is 2. The molecule has 1 unspecified atom stereocenters. The highest BCUT2D eigenvalue weighted by Crippen LogP contribution is 2.16. The molecule has 0 saturated carbocycles. The van der Waals surface area contributed by atoms with E-state index in [0.717, 1.165) is 5.56 Å². The Hall–Kier alpha value is -2.57. The maximum absolute atomic E-state index is 12.6. The van der Waals surface area contributed by atoms with E-state index in [1.54, 1.807) is 13.0 Å². The Kier molecular flexibility index (Phi) is 7.47. The van der Waals surface area contributed by atoms with Crippen LogP contribution >= 0.6 is 0 Å². The Balaban J connectivity index is 1.55. The monoisotopic (exact) mass is 478 g/mol. The van der Waals surface area contributed by atoms with E-state index >= 15 is 0 Å². The molecule has 2 aromatic rings. The highest BCUT2D eigenvalue weighted by Gasteiger charge is 2.29. The Bertz CT molecular complexity index is 1170. The van der Waals surface area contributed by atoms with Crippen LogP contribution in [0.4, 0.5) is 5.69 Å². The largest absolute Gasteiger partial charge is 0.325 e. The molecule has 1 saturated heterocycles. The average Bonchev–Trinajstić information content (AvgIpc) is 2.78. The van der Waals surface area contributed by atoms with Crippen molar-refractivity contribution in [1.82, 2.24) is 9.21 Å². The Morgan fingerprint density at radius 1 is 0.969 bits per heavy atom. The summed E-state index contributed by atoms with van der Waals surface area (Å²) in [6.45, 7) is 3.13. The first-order valence-electron chi connectivity index (χ1n) is 9.97. The number of primary sulfonamides is 1. The standard InChI is InChI=1S/C21H26N4O5S2/c1-17(21(26)23-19-7-9-20(10-8-19)32(22,29)30)24-12-14-25(15-13-24)31(27,28)16-11-18-5-3-2-4-6-18/h2-11,16-17H,12-15H2,1H3,(H,23,26)(H2,22,29,30)/b16-11+. The van der Waals surface area contributed by atoms with Gasteiger partial charge in [-0.2, -0.15) is 4.31 Å². The summed E-state index contributed by atoms with van der Waals surface area (Å²) in [7, 11) is -7.35. The fraction of sp³-hybridized carbons (Fsp3) is 0.286. The van der Waals surface area contributed by atoms with Gasteiger partial charge in [0.15, 0.2) is 0 Å². The zero-order chi connectivity index (χ0) is 23.4. The fourth-order valence-electron chi connectivity index (χ4n) is 3.30. The lowest BCUT2D eigenvalue weighted by atomic mass is 10.2. The highest BCUT2D eigenvalue weighted by molar-refractivity contribution is 7.92. The van der Waals surface area contributed by atoms with Crippen molar-refractivity contribution < 1.29 is 21.6 Å². The number of amides is 1. The van der Waals surface area contributed by atoms with Crippen LogP contribution in [0.3, 0.4) is 0 Å². The molecule has 1 heterocycles. The zero-order valence-corrected chi connectivity index (χ0v) is 19.2. The predicted molar refractivity (Wildman–Crippen MR) is 123 cm³/mol. The van der Waals surface area contributed by atoms with Crippen molar-refractivity contribution in [3.8, 4) is 0 Å². The number of anilines is 1. The molecule has 1 fully saturated rings. The lowest BCUT2D eigenvalue weighted by molar-refractivity contribution is -0.121. The molecule has 1 amide bonds. The molecule has 0 bridgehead atoms. The highest BCUT2D eigenvalue weighted by atomic mass is 32.2. The second-order valence-corrected chi connectivity index (χ2v) is 10.8. The van der Waals surface area contributed by atoms with Crippen molar-refractivity contribution in [1.29, 1.82) is 0 Å². The van der Waals surface area contributed by atoms with Crippen LogP contribution in [-0.4, -0.2) is 64.2 Å². The Morgan fingerprint density at radius 2 is 1.56 bits per heavy atom. The summed E-state index contributed by atoms with van der Waals surface area (Å²) in [5.41, 5.74) is 1.25. The van der Waals surface area contributed by atoms with Gasteiger partial charge in [0.1, 0.15) is 0 Å². The van der Waals surface area contributed by atoms with Crippen molar-refractivity contribution in [2.75, 3.05) is 31.5 Å². The van der Waals surface area contributed by atoms with Crippen LogP contribution in [0.25, 0.3) is 6.08 Å². The summed E-state index contributed by atoms with van der Waals surface area (Å²) in [5.74, 6) is -0.270. The van der Waals surface area contributed by atoms with E-state index < -0.39 is 26.1 Å². The number of nitrogens with one attached hydrogen (secondary N) is 1. The molecule has 9 nitrogen and oxygen atoms in total. The Morgan fingerprint density at radius 3 is 2.12 bits per heavy atom. The van der Waals surface area contributed by atoms with Crippen LogP contribution in [0.1, 0.15) is 12.5 Å². The van der Waals surface area contributed by atoms with Crippen LogP contribution < -0.4 is 10.5 Å². The van der Waals surface area contributed by atoms with E-state index in [2.05, 4.69) is 5.32 Å². The van der Waals surface area contributed by atoms with Gasteiger partial charge in [-0.25, -0.2) is 22.0 Å². The van der Waals surface area contributed by atoms with Gasteiger partial charge < -0.3 is 5.32 Å². The number of nitrogens with zero attached hydrogens (tertiary/aromatic N) is 2. The van der Waals surface area contributed by atoms with Gasteiger partial charge in [-0.15, -0.1) is 0 Å². The summed E-state index contributed by atoms with van der Waals surface area (Å²) < 4.78 is 49.2. The first kappa shape index (κ1) is 24.1. The Labute approximate surface area is 188 Å². The molecule has 0 aliphatic carbocycles. The lowest BCUT2D eigenvalue weighted by Gasteiger charge is -2.36. The van der Waals surface area contributed by atoms with Gasteiger partial charge in [0, 0.05) is 37.3 Å². The van der Waals surface area contributed by atoms with Crippen LogP contribution in [0, 0.1) is 0 Å². The summed E-state index contributed by atoms with van der Waals surface area (Å²) in [5, 5.41) is 9.02. The quantitative estimate of drug-likeness (QED) is 0.617. The number of sulfonamides is 2. The van der Waals surface area contributed by atoms with Crippen LogP contribution in [0.15, 0.2) is 64.9 Å². The topological polar surface area (TPSA) is 130 Å². The third-order valence-electron chi connectivity index (χ3n) is 5.24. The molecule has 3 N–H and O–H groups in total. The van der Waals surface area contributed by atoms with Crippen molar-refractivity contribution in [3.05, 3.63) is 65.6 Å². The van der Waals surface area contributed by atoms with E-state index in [0.29, 0.717) is 18.8 Å². The molecule has 0 spiro atoms. The first-order chi connectivity index (χ1) is 15.1. The number of hydrogen-bond acceptors (Lipinski definition) is 6. The van der Waals surface area contributed by atoms with E-state index in [1.165, 1.54) is 34.0 Å². The minimum absolute atomic E-state index is 0.0396. The fourth-order valence-corrected chi connectivity index (χ4v) is 4.99. The average molecular weight is 479 g/mol. The van der Waals surface area contributed by atoms with Crippen molar-refractivity contribution in [2.45, 2.75) is 17.9 Å². The summed E-state index contributed by atoms with van der Waals surface area (Å²) in [6, 6.07) is 14.3. The maximum Gasteiger partial charge on any atom is 0.241 e. The molecule has 1 atom stereocenters. The first-order valence-corrected chi connectivity index (χ1v) is 13.0. The molecule has 0 aromatic heterocycles. The molecule has 32 heavy (non-hydrogen) atoms. The number of rotatable bonds is 7. The van der Waals surface area contributed by atoms with E-state index in [9.17, 15) is 21.6 Å². The van der Waals surface area contributed by atoms with E-state index in [-0.39, 0.29) is 23.9 Å². The van der Waals surface area contributed by atoms with Gasteiger partial charge in [0.25, 0.3) is 0 Å². The van der Waals surface area contributed by atoms with Crippen molar-refractivity contribution in [2.24, 2.45) is 5.14 Å². The van der Waals surface area contributed by atoms with Crippen LogP contribution in [-0.2, 0) is 24.8 Å². The van der Waals surface area contributed by atoms with Crippen molar-refractivity contribution in [3.63, 3.8) is 0 Å². The smallest absolute Gasteiger partial charge is 0.241 e. The predicted octanol–water partition coefficient (Wildman–Crippen LogP) is 1.28. The minimum Gasteiger partial charge on any atom is -0.325 e. The summed E-state index contributed by atoms with van der Waals surface area (Å²) >= 11 is 0. The van der Waals surface area contributed by atoms with Gasteiger partial charge in [0.05, 0.1) is 10.9 Å². The molecular weight excluding hydrogens is 452 g/mol. The summed E-state index contributed by atoms with van der Waals surface area (Å²) in [4.78, 5) is 14.5. The number of nitrogens with two attached hydrogens (primary N) is 1. The molecule has 1 aliphatic heterocycles. The van der Waals surface area contributed by atoms with Crippen molar-refractivity contribution >= 4 is 37.7 Å². The molecule has 2 aromatic carbocycles. The molecule has 172 valence electrons. The summed E-state index contributed by atoms with van der Waals surface area (Å²) in [6.07, 6.45) is 1.57. The second kappa shape index (κ2) is 9.92. The third-order valence-corrected chi connectivity index (χ3v) is 7.74. The number of carbonyl (C=O) groups excluding carboxylic acids is 1. The number of carbonyl (C=O) groups is 1. The van der Waals surface area contributed by atoms with Gasteiger partial charge in [-0.05, 0) is 42.8 Å². The second-order valence-electron chi connectivity index (χ2n) is 7.43. The SMILES string of the molecule is CC(C(=O)Nc1ccc(S(N)(=O)=O)cc1)N1CCN(S(=O)(=O)/C=C/c2ccccc2)CC1. The molecule has 0 radical (unpaired) electrons. The molecule has 11 heteroatoms. The third kappa shape index (κ3) is 6.24. The minimum atomic E-state index is -3.80.